The number of hydrogen-bond acceptors (Lipinski definition) is 1. The maximum Gasteiger partial charge on any atom is 0.0456 e. The molecule has 0 unspecified atom stereocenters. The zero-order valence-corrected chi connectivity index (χ0v) is 11.3. The van der Waals surface area contributed by atoms with E-state index in [1.54, 1.807) is 6.07 Å². The van der Waals surface area contributed by atoms with Crippen LogP contribution in [0.25, 0.3) is 0 Å². The largest absolute Gasteiger partial charge is 0.399 e. The van der Waals surface area contributed by atoms with Crippen molar-refractivity contribution in [3.63, 3.8) is 0 Å². The zero-order valence-electron chi connectivity index (χ0n) is 8.99. The van der Waals surface area contributed by atoms with Gasteiger partial charge in [0.25, 0.3) is 0 Å². The maximum atomic E-state index is 6.10. The molecule has 4 heteroatoms. The first-order chi connectivity index (χ1) is 7.65. The summed E-state index contributed by atoms with van der Waals surface area (Å²) in [5.41, 5.74) is 8.64. The minimum Gasteiger partial charge on any atom is -0.399 e. The van der Waals surface area contributed by atoms with E-state index in [0.29, 0.717) is 10.0 Å². The summed E-state index contributed by atoms with van der Waals surface area (Å²) in [6, 6.07) is 13.3. The molecule has 0 bridgehead atoms. The first-order valence-corrected chi connectivity index (χ1v) is 5.69. The molecule has 0 aliphatic heterocycles. The molecule has 1 nitrogen and oxygen atoms in total. The van der Waals surface area contributed by atoms with E-state index in [0.717, 1.165) is 17.7 Å². The first kappa shape index (κ1) is 14.2. The van der Waals surface area contributed by atoms with Gasteiger partial charge in [0, 0.05) is 15.7 Å². The monoisotopic (exact) mass is 287 g/mol. The van der Waals surface area contributed by atoms with Gasteiger partial charge in [-0.2, -0.15) is 0 Å². The standard InChI is InChI=1S/C13H11Cl2N.ClH/c14-11-4-3-10(13(15)8-11)7-9-1-5-12(16)6-2-9;/h1-6,8H,7,16H2;1H. The van der Waals surface area contributed by atoms with Gasteiger partial charge in [0.15, 0.2) is 0 Å². The van der Waals surface area contributed by atoms with Crippen LogP contribution < -0.4 is 5.73 Å². The van der Waals surface area contributed by atoms with E-state index in [1.807, 2.05) is 36.4 Å². The van der Waals surface area contributed by atoms with E-state index in [4.69, 9.17) is 28.9 Å². The minimum atomic E-state index is 0. The molecule has 0 atom stereocenters. The van der Waals surface area contributed by atoms with E-state index in [2.05, 4.69) is 0 Å². The summed E-state index contributed by atoms with van der Waals surface area (Å²) in [7, 11) is 0. The predicted octanol–water partition coefficient (Wildman–Crippen LogP) is 4.59. The number of nitrogens with two attached hydrogens (primary N) is 1. The molecule has 0 aliphatic carbocycles. The lowest BCUT2D eigenvalue weighted by molar-refractivity contribution is 1.19. The van der Waals surface area contributed by atoms with Crippen molar-refractivity contribution in [1.82, 2.24) is 0 Å². The number of hydrogen-bond donors (Lipinski definition) is 1. The van der Waals surface area contributed by atoms with E-state index in [-0.39, 0.29) is 12.4 Å². The first-order valence-electron chi connectivity index (χ1n) is 4.93. The Balaban J connectivity index is 0.00000144. The van der Waals surface area contributed by atoms with Crippen molar-refractivity contribution >= 4 is 41.3 Å². The molecule has 17 heavy (non-hydrogen) atoms. The summed E-state index contributed by atoms with van der Waals surface area (Å²) in [6.45, 7) is 0. The maximum absolute atomic E-state index is 6.10. The van der Waals surface area contributed by atoms with Crippen LogP contribution in [0.1, 0.15) is 11.1 Å². The second-order valence-electron chi connectivity index (χ2n) is 3.65. The fourth-order valence-electron chi connectivity index (χ4n) is 1.52. The van der Waals surface area contributed by atoms with Crippen molar-refractivity contribution in [3.05, 3.63) is 63.6 Å². The highest BCUT2D eigenvalue weighted by molar-refractivity contribution is 6.35. The van der Waals surface area contributed by atoms with Gasteiger partial charge < -0.3 is 5.73 Å². The average Bonchev–Trinajstić information content (AvgIpc) is 2.25. The molecule has 0 radical (unpaired) electrons. The highest BCUT2D eigenvalue weighted by Gasteiger charge is 2.02. The molecule has 0 spiro atoms. The van der Waals surface area contributed by atoms with Crippen LogP contribution in [-0.2, 0) is 6.42 Å². The summed E-state index contributed by atoms with van der Waals surface area (Å²) in [4.78, 5) is 0. The van der Waals surface area contributed by atoms with Crippen molar-refractivity contribution in [2.45, 2.75) is 6.42 Å². The smallest absolute Gasteiger partial charge is 0.0456 e. The molecule has 2 N–H and O–H groups in total. The Bertz CT molecular complexity index is 495. The van der Waals surface area contributed by atoms with Crippen molar-refractivity contribution in [3.8, 4) is 0 Å². The van der Waals surface area contributed by atoms with Gasteiger partial charge in [-0.1, -0.05) is 41.4 Å². The molecule has 0 amide bonds. The van der Waals surface area contributed by atoms with E-state index in [1.165, 1.54) is 5.56 Å². The number of halogens is 3. The third kappa shape index (κ3) is 3.81. The fourth-order valence-corrected chi connectivity index (χ4v) is 2.00. The Kier molecular flexibility index (Phi) is 5.13. The molecule has 0 heterocycles. The molecule has 2 aromatic rings. The number of anilines is 1. The summed E-state index contributed by atoms with van der Waals surface area (Å²) < 4.78 is 0. The molecule has 2 aromatic carbocycles. The van der Waals surface area contributed by atoms with Gasteiger partial charge in [-0.3, -0.25) is 0 Å². The van der Waals surface area contributed by atoms with Crippen LogP contribution in [0.4, 0.5) is 5.69 Å². The molecule has 0 saturated carbocycles. The number of rotatable bonds is 2. The Morgan fingerprint density at radius 3 is 2.18 bits per heavy atom. The molecule has 0 aliphatic rings. The van der Waals surface area contributed by atoms with Gasteiger partial charge >= 0.3 is 0 Å². The Labute approximate surface area is 117 Å². The van der Waals surface area contributed by atoms with Crippen LogP contribution in [-0.4, -0.2) is 0 Å². The van der Waals surface area contributed by atoms with Crippen LogP contribution >= 0.6 is 35.6 Å². The van der Waals surface area contributed by atoms with Crippen molar-refractivity contribution in [1.29, 1.82) is 0 Å². The summed E-state index contributed by atoms with van der Waals surface area (Å²) in [5.74, 6) is 0. The molecule has 0 saturated heterocycles. The van der Waals surface area contributed by atoms with Gasteiger partial charge in [-0.25, -0.2) is 0 Å². The lowest BCUT2D eigenvalue weighted by Crippen LogP contribution is -1.90. The van der Waals surface area contributed by atoms with Crippen LogP contribution in [0.15, 0.2) is 42.5 Å². The van der Waals surface area contributed by atoms with E-state index >= 15 is 0 Å². The molecular weight excluding hydrogens is 277 g/mol. The lowest BCUT2D eigenvalue weighted by Gasteiger charge is -2.05. The van der Waals surface area contributed by atoms with E-state index in [9.17, 15) is 0 Å². The fraction of sp³-hybridized carbons (Fsp3) is 0.0769. The minimum absolute atomic E-state index is 0. The Morgan fingerprint density at radius 2 is 1.59 bits per heavy atom. The van der Waals surface area contributed by atoms with Crippen molar-refractivity contribution < 1.29 is 0 Å². The van der Waals surface area contributed by atoms with Gasteiger partial charge in [0.2, 0.25) is 0 Å². The zero-order chi connectivity index (χ0) is 11.5. The summed E-state index contributed by atoms with van der Waals surface area (Å²) >= 11 is 11.9. The molecule has 0 fully saturated rings. The number of benzene rings is 2. The lowest BCUT2D eigenvalue weighted by atomic mass is 10.0. The number of nitrogen functional groups attached to an aromatic ring is 1. The summed E-state index contributed by atoms with van der Waals surface area (Å²) in [6.07, 6.45) is 0.788. The van der Waals surface area contributed by atoms with Crippen molar-refractivity contribution in [2.75, 3.05) is 5.73 Å². The van der Waals surface area contributed by atoms with E-state index < -0.39 is 0 Å². The quantitative estimate of drug-likeness (QED) is 0.804. The van der Waals surface area contributed by atoms with Gasteiger partial charge in [-0.05, 0) is 41.8 Å². The highest BCUT2D eigenvalue weighted by Crippen LogP contribution is 2.23. The SMILES string of the molecule is Cl.Nc1ccc(Cc2ccc(Cl)cc2Cl)cc1. The van der Waals surface area contributed by atoms with Crippen molar-refractivity contribution in [2.24, 2.45) is 0 Å². The van der Waals surface area contributed by atoms with Gasteiger partial charge in [0.1, 0.15) is 0 Å². The normalized spacial score (nSPS) is 9.76. The van der Waals surface area contributed by atoms with Crippen LogP contribution in [0, 0.1) is 0 Å². The van der Waals surface area contributed by atoms with Gasteiger partial charge in [0.05, 0.1) is 0 Å². The highest BCUT2D eigenvalue weighted by atomic mass is 35.5. The van der Waals surface area contributed by atoms with Gasteiger partial charge in [-0.15, -0.1) is 12.4 Å². The summed E-state index contributed by atoms with van der Waals surface area (Å²) in [5, 5.41) is 1.36. The second kappa shape index (κ2) is 6.15. The van der Waals surface area contributed by atoms with Crippen LogP contribution in [0.5, 0.6) is 0 Å². The topological polar surface area (TPSA) is 26.0 Å². The molecule has 0 aromatic heterocycles. The molecule has 90 valence electrons. The predicted molar refractivity (Wildman–Crippen MR) is 77.4 cm³/mol. The third-order valence-corrected chi connectivity index (χ3v) is 2.98. The van der Waals surface area contributed by atoms with Crippen LogP contribution in [0.3, 0.4) is 0 Å². The third-order valence-electron chi connectivity index (χ3n) is 2.39. The Hall–Kier alpha value is -0.890. The molecular formula is C13H12Cl3N. The second-order valence-corrected chi connectivity index (χ2v) is 4.50. The van der Waals surface area contributed by atoms with Crippen LogP contribution in [0.2, 0.25) is 10.0 Å². The molecule has 2 rings (SSSR count). The Morgan fingerprint density at radius 1 is 0.941 bits per heavy atom. The average molecular weight is 289 g/mol.